The zero-order valence-corrected chi connectivity index (χ0v) is 21.5. The smallest absolute Gasteiger partial charge is 0.416 e. The molecule has 0 radical (unpaired) electrons. The number of esters is 1. The van der Waals surface area contributed by atoms with Crippen LogP contribution in [-0.4, -0.2) is 56.7 Å². The van der Waals surface area contributed by atoms with E-state index in [1.54, 1.807) is 0 Å². The number of ether oxygens (including phenoxy) is 6. The van der Waals surface area contributed by atoms with Crippen LogP contribution in [0.25, 0.3) is 0 Å². The molecule has 3 heterocycles. The van der Waals surface area contributed by atoms with Crippen LogP contribution in [0.4, 0.5) is 13.2 Å². The molecule has 4 fully saturated rings. The number of hydrogen-bond donors (Lipinski definition) is 0. The van der Waals surface area contributed by atoms with Crippen LogP contribution >= 0.6 is 0 Å². The number of halogens is 3. The van der Waals surface area contributed by atoms with Crippen molar-refractivity contribution in [3.63, 3.8) is 0 Å². The second-order valence-electron chi connectivity index (χ2n) is 10.7. The molecule has 7 nitrogen and oxygen atoms in total. The molecule has 38 heavy (non-hydrogen) atoms. The highest BCUT2D eigenvalue weighted by molar-refractivity contribution is 5.72. The van der Waals surface area contributed by atoms with E-state index < -0.39 is 17.8 Å². The van der Waals surface area contributed by atoms with E-state index in [0.717, 1.165) is 50.7 Å². The fraction of sp³-hybridized carbons (Fsp3) is 0.750. The van der Waals surface area contributed by atoms with Gasteiger partial charge in [-0.1, -0.05) is 6.07 Å². The van der Waals surface area contributed by atoms with Gasteiger partial charge in [-0.05, 0) is 75.5 Å². The third-order valence-electron chi connectivity index (χ3n) is 8.02. The van der Waals surface area contributed by atoms with Crippen molar-refractivity contribution in [2.75, 3.05) is 19.8 Å². The minimum atomic E-state index is -4.44. The largest absolute Gasteiger partial charge is 0.491 e. The van der Waals surface area contributed by atoms with E-state index in [1.807, 2.05) is 0 Å². The molecule has 1 saturated carbocycles. The van der Waals surface area contributed by atoms with E-state index in [0.29, 0.717) is 38.9 Å². The zero-order chi connectivity index (χ0) is 26.5. The lowest BCUT2D eigenvalue weighted by molar-refractivity contribution is -0.202. The normalized spacial score (nSPS) is 32.6. The number of alkyl halides is 3. The van der Waals surface area contributed by atoms with Crippen molar-refractivity contribution in [3.05, 3.63) is 29.8 Å². The predicted octanol–water partition coefficient (Wildman–Crippen LogP) is 5.64. The van der Waals surface area contributed by atoms with Crippen LogP contribution in [0.2, 0.25) is 0 Å². The van der Waals surface area contributed by atoms with E-state index in [-0.39, 0.29) is 54.9 Å². The summed E-state index contributed by atoms with van der Waals surface area (Å²) in [6.45, 7) is 1.40. The Bertz CT molecular complexity index is 914. The van der Waals surface area contributed by atoms with Gasteiger partial charge in [-0.3, -0.25) is 4.79 Å². The van der Waals surface area contributed by atoms with E-state index >= 15 is 0 Å². The highest BCUT2D eigenvalue weighted by atomic mass is 19.4. The SMILES string of the molecule is O=C1CC2C(CC[C@H](COc3cccc(C(F)(F)F)c3)OC3CCCCO3)C(OC3CCCCO3)C[C@@H]2O1. The molecule has 10 heteroatoms. The van der Waals surface area contributed by atoms with Gasteiger partial charge in [-0.2, -0.15) is 13.2 Å². The van der Waals surface area contributed by atoms with Gasteiger partial charge in [-0.15, -0.1) is 0 Å². The first-order valence-electron chi connectivity index (χ1n) is 13.9. The summed E-state index contributed by atoms with van der Waals surface area (Å²) in [5, 5.41) is 0. The summed E-state index contributed by atoms with van der Waals surface area (Å²) < 4.78 is 75.1. The summed E-state index contributed by atoms with van der Waals surface area (Å²) >= 11 is 0. The molecule has 4 aliphatic rings. The average Bonchev–Trinajstić information content (AvgIpc) is 3.42. The van der Waals surface area contributed by atoms with Crippen molar-refractivity contribution in [2.45, 2.75) is 101 Å². The Morgan fingerprint density at radius 3 is 2.50 bits per heavy atom. The molecule has 0 spiro atoms. The van der Waals surface area contributed by atoms with Gasteiger partial charge in [0.2, 0.25) is 0 Å². The molecule has 1 aliphatic carbocycles. The summed E-state index contributed by atoms with van der Waals surface area (Å²) in [5.41, 5.74) is -0.754. The molecule has 0 amide bonds. The summed E-state index contributed by atoms with van der Waals surface area (Å²) in [6, 6.07) is 4.88. The van der Waals surface area contributed by atoms with E-state index in [9.17, 15) is 18.0 Å². The van der Waals surface area contributed by atoms with Crippen molar-refractivity contribution < 1.29 is 46.4 Å². The minimum Gasteiger partial charge on any atom is -0.491 e. The molecule has 0 aromatic heterocycles. The molecule has 1 aromatic carbocycles. The van der Waals surface area contributed by atoms with Gasteiger partial charge in [0.1, 0.15) is 18.5 Å². The second-order valence-corrected chi connectivity index (χ2v) is 10.7. The van der Waals surface area contributed by atoms with Gasteiger partial charge >= 0.3 is 12.1 Å². The summed E-state index contributed by atoms with van der Waals surface area (Å²) in [5.74, 6) is 0.133. The molecule has 3 saturated heterocycles. The lowest BCUT2D eigenvalue weighted by atomic mass is 9.87. The average molecular weight is 543 g/mol. The van der Waals surface area contributed by atoms with Crippen LogP contribution in [0.5, 0.6) is 5.75 Å². The molecule has 212 valence electrons. The number of benzene rings is 1. The molecule has 7 atom stereocenters. The maximum Gasteiger partial charge on any atom is 0.416 e. The van der Waals surface area contributed by atoms with Gasteiger partial charge in [0.15, 0.2) is 12.6 Å². The first-order chi connectivity index (χ1) is 18.3. The molecule has 0 bridgehead atoms. The third kappa shape index (κ3) is 7.20. The maximum atomic E-state index is 13.2. The highest BCUT2D eigenvalue weighted by Gasteiger charge is 2.51. The maximum absolute atomic E-state index is 13.2. The lowest BCUT2D eigenvalue weighted by Gasteiger charge is -2.32. The predicted molar refractivity (Wildman–Crippen MR) is 129 cm³/mol. The van der Waals surface area contributed by atoms with Gasteiger partial charge in [-0.25, -0.2) is 0 Å². The first-order valence-corrected chi connectivity index (χ1v) is 13.9. The molecule has 3 aliphatic heterocycles. The number of carbonyl (C=O) groups is 1. The molecule has 5 rings (SSSR count). The lowest BCUT2D eigenvalue weighted by Crippen LogP contribution is -2.34. The van der Waals surface area contributed by atoms with Crippen LogP contribution in [-0.2, 0) is 34.7 Å². The summed E-state index contributed by atoms with van der Waals surface area (Å²) in [4.78, 5) is 12.0. The van der Waals surface area contributed by atoms with Crippen molar-refractivity contribution in [2.24, 2.45) is 11.8 Å². The standard InChI is InChI=1S/C28H37F3O7/c29-28(30,31)18-6-5-7-19(14-18)35-17-20(36-26-8-1-3-12-33-26)10-11-21-22-15-25(32)37-24(22)16-23(21)38-27-9-2-4-13-34-27/h5-7,14,20-24,26-27H,1-4,8-13,15-17H2/t20-,21?,22?,23?,24+,26?,27?/m1/s1. The Labute approximate surface area is 221 Å². The van der Waals surface area contributed by atoms with Crippen LogP contribution < -0.4 is 4.74 Å². The minimum absolute atomic E-state index is 0.0760. The fourth-order valence-electron chi connectivity index (χ4n) is 6.08. The van der Waals surface area contributed by atoms with Crippen molar-refractivity contribution in [1.29, 1.82) is 0 Å². The molecule has 1 aromatic rings. The van der Waals surface area contributed by atoms with Gasteiger partial charge < -0.3 is 28.4 Å². The van der Waals surface area contributed by atoms with Gasteiger partial charge in [0.25, 0.3) is 0 Å². The molecular formula is C28H37F3O7. The quantitative estimate of drug-likeness (QED) is 0.355. The Balaban J connectivity index is 1.24. The second kappa shape index (κ2) is 12.5. The number of rotatable bonds is 10. The van der Waals surface area contributed by atoms with Crippen molar-refractivity contribution in [3.8, 4) is 5.75 Å². The Morgan fingerprint density at radius 2 is 1.79 bits per heavy atom. The Morgan fingerprint density at radius 1 is 1.03 bits per heavy atom. The van der Waals surface area contributed by atoms with Gasteiger partial charge in [0.05, 0.1) is 24.2 Å². The Hall–Kier alpha value is -1.88. The zero-order valence-electron chi connectivity index (χ0n) is 21.5. The topological polar surface area (TPSA) is 72.5 Å². The van der Waals surface area contributed by atoms with Crippen LogP contribution in [0.1, 0.15) is 69.8 Å². The monoisotopic (exact) mass is 542 g/mol. The van der Waals surface area contributed by atoms with E-state index in [2.05, 4.69) is 0 Å². The first kappa shape index (κ1) is 27.7. The molecule has 5 unspecified atom stereocenters. The van der Waals surface area contributed by atoms with E-state index in [4.69, 9.17) is 28.4 Å². The number of fused-ring (bicyclic) bond motifs is 1. The Kier molecular flexibility index (Phi) is 9.13. The van der Waals surface area contributed by atoms with Crippen LogP contribution in [0.15, 0.2) is 24.3 Å². The molecule has 0 N–H and O–H groups in total. The number of hydrogen-bond acceptors (Lipinski definition) is 7. The van der Waals surface area contributed by atoms with Gasteiger partial charge in [0, 0.05) is 25.6 Å². The van der Waals surface area contributed by atoms with Crippen molar-refractivity contribution >= 4 is 5.97 Å². The van der Waals surface area contributed by atoms with Crippen molar-refractivity contribution in [1.82, 2.24) is 0 Å². The van der Waals surface area contributed by atoms with Crippen LogP contribution in [0.3, 0.4) is 0 Å². The third-order valence-corrected chi connectivity index (χ3v) is 8.02. The molecular weight excluding hydrogens is 505 g/mol. The summed E-state index contributed by atoms with van der Waals surface area (Å²) in [6.07, 6.45) is 2.34. The van der Waals surface area contributed by atoms with E-state index in [1.165, 1.54) is 12.1 Å². The highest BCUT2D eigenvalue weighted by Crippen LogP contribution is 2.46. The number of carbonyl (C=O) groups excluding carboxylic acids is 1. The summed E-state index contributed by atoms with van der Waals surface area (Å²) in [7, 11) is 0. The fourth-order valence-corrected chi connectivity index (χ4v) is 6.08. The van der Waals surface area contributed by atoms with Crippen LogP contribution in [0, 0.1) is 11.8 Å².